The van der Waals surface area contributed by atoms with Crippen LogP contribution in [-0.2, 0) is 14.3 Å². The molecule has 23 heavy (non-hydrogen) atoms. The van der Waals surface area contributed by atoms with Crippen LogP contribution < -0.4 is 5.32 Å². The molecule has 1 unspecified atom stereocenters. The first kappa shape index (κ1) is 16.2. The molecule has 0 radical (unpaired) electrons. The summed E-state index contributed by atoms with van der Waals surface area (Å²) >= 11 is 0. The summed E-state index contributed by atoms with van der Waals surface area (Å²) in [6.45, 7) is 3.56. The Balaban J connectivity index is 1.68. The molecular formula is C16H25N3O4. The Morgan fingerprint density at radius 2 is 2.04 bits per heavy atom. The smallest absolute Gasteiger partial charge is 0.325 e. The third-order valence-corrected chi connectivity index (χ3v) is 5.30. The van der Waals surface area contributed by atoms with Crippen molar-refractivity contribution < 1.29 is 19.1 Å². The van der Waals surface area contributed by atoms with Crippen LogP contribution in [0.5, 0.6) is 0 Å². The fraction of sp³-hybridized carbons (Fsp3) is 0.812. The van der Waals surface area contributed by atoms with Gasteiger partial charge < -0.3 is 15.0 Å². The van der Waals surface area contributed by atoms with E-state index in [1.54, 1.807) is 0 Å². The fourth-order valence-corrected chi connectivity index (χ4v) is 3.86. The molecular weight excluding hydrogens is 298 g/mol. The molecule has 0 aromatic carbocycles. The van der Waals surface area contributed by atoms with Gasteiger partial charge in [0.05, 0.1) is 0 Å². The van der Waals surface area contributed by atoms with Crippen LogP contribution in [0.25, 0.3) is 0 Å². The van der Waals surface area contributed by atoms with E-state index in [9.17, 15) is 14.4 Å². The van der Waals surface area contributed by atoms with Crippen LogP contribution in [0.2, 0.25) is 0 Å². The van der Waals surface area contributed by atoms with Crippen molar-refractivity contribution in [2.45, 2.75) is 57.0 Å². The molecule has 0 bridgehead atoms. The second-order valence-corrected chi connectivity index (χ2v) is 6.66. The number of carbonyl (C=O) groups is 3. The van der Waals surface area contributed by atoms with E-state index in [-0.39, 0.29) is 24.4 Å². The van der Waals surface area contributed by atoms with Crippen LogP contribution in [0.1, 0.15) is 45.4 Å². The highest BCUT2D eigenvalue weighted by Gasteiger charge is 2.52. The van der Waals surface area contributed by atoms with Crippen LogP contribution in [0, 0.1) is 0 Å². The number of piperidine rings is 1. The van der Waals surface area contributed by atoms with Crippen molar-refractivity contribution in [2.75, 3.05) is 26.3 Å². The third kappa shape index (κ3) is 2.94. The average molecular weight is 323 g/mol. The first-order valence-corrected chi connectivity index (χ1v) is 8.59. The second kappa shape index (κ2) is 6.47. The number of ether oxygens (including phenoxy) is 1. The second-order valence-electron chi connectivity index (χ2n) is 6.66. The molecule has 3 heterocycles. The Labute approximate surface area is 136 Å². The molecule has 1 atom stereocenters. The SMILES string of the molecule is CCC1CCCCN1C(=O)CN1C(=O)NC2(CCOCC2)C1=O. The number of amides is 4. The summed E-state index contributed by atoms with van der Waals surface area (Å²) in [6, 6.07) is -0.218. The summed E-state index contributed by atoms with van der Waals surface area (Å²) in [5.41, 5.74) is -0.859. The molecule has 0 aromatic rings. The molecule has 7 heteroatoms. The minimum absolute atomic E-state index is 0.121. The van der Waals surface area contributed by atoms with Gasteiger partial charge in [0.25, 0.3) is 5.91 Å². The van der Waals surface area contributed by atoms with Gasteiger partial charge >= 0.3 is 6.03 Å². The Hall–Kier alpha value is -1.63. The van der Waals surface area contributed by atoms with Gasteiger partial charge in [-0.1, -0.05) is 6.92 Å². The molecule has 0 aromatic heterocycles. The minimum atomic E-state index is -0.859. The lowest BCUT2D eigenvalue weighted by Crippen LogP contribution is -2.52. The quantitative estimate of drug-likeness (QED) is 0.782. The highest BCUT2D eigenvalue weighted by atomic mass is 16.5. The summed E-state index contributed by atoms with van der Waals surface area (Å²) in [7, 11) is 0. The summed E-state index contributed by atoms with van der Waals surface area (Å²) in [6.07, 6.45) is 4.99. The lowest BCUT2D eigenvalue weighted by atomic mass is 9.90. The lowest BCUT2D eigenvalue weighted by Gasteiger charge is -2.36. The largest absolute Gasteiger partial charge is 0.381 e. The fourth-order valence-electron chi connectivity index (χ4n) is 3.86. The van der Waals surface area contributed by atoms with E-state index in [0.29, 0.717) is 26.1 Å². The number of rotatable bonds is 3. The van der Waals surface area contributed by atoms with E-state index in [1.807, 2.05) is 4.90 Å². The van der Waals surface area contributed by atoms with Gasteiger partial charge in [-0.2, -0.15) is 0 Å². The van der Waals surface area contributed by atoms with Gasteiger partial charge in [-0.15, -0.1) is 0 Å². The predicted molar refractivity (Wildman–Crippen MR) is 82.7 cm³/mol. The molecule has 7 nitrogen and oxygen atoms in total. The molecule has 0 aliphatic carbocycles. The zero-order valence-corrected chi connectivity index (χ0v) is 13.7. The molecule has 3 aliphatic heterocycles. The number of imide groups is 1. The van der Waals surface area contributed by atoms with Gasteiger partial charge in [-0.05, 0) is 25.7 Å². The molecule has 128 valence electrons. The number of nitrogens with one attached hydrogen (secondary N) is 1. The summed E-state index contributed by atoms with van der Waals surface area (Å²) in [5, 5.41) is 2.79. The molecule has 3 rings (SSSR count). The summed E-state index contributed by atoms with van der Waals surface area (Å²) in [5.74, 6) is -0.395. The van der Waals surface area contributed by atoms with Crippen LogP contribution >= 0.6 is 0 Å². The predicted octanol–water partition coefficient (Wildman–Crippen LogP) is 0.878. The number of nitrogens with zero attached hydrogens (tertiary/aromatic N) is 2. The first-order chi connectivity index (χ1) is 11.1. The van der Waals surface area contributed by atoms with Crippen molar-refractivity contribution in [3.8, 4) is 0 Å². The number of hydrogen-bond acceptors (Lipinski definition) is 4. The molecule has 0 saturated carbocycles. The zero-order valence-electron chi connectivity index (χ0n) is 13.7. The minimum Gasteiger partial charge on any atom is -0.381 e. The van der Waals surface area contributed by atoms with Gasteiger partial charge in [0.15, 0.2) is 0 Å². The van der Waals surface area contributed by atoms with Crippen LogP contribution in [-0.4, -0.2) is 65.5 Å². The topological polar surface area (TPSA) is 79.0 Å². The van der Waals surface area contributed by atoms with Gasteiger partial charge in [-0.3, -0.25) is 14.5 Å². The number of carbonyl (C=O) groups excluding carboxylic acids is 3. The molecule has 3 saturated heterocycles. The van der Waals surface area contributed by atoms with Crippen molar-refractivity contribution in [2.24, 2.45) is 0 Å². The Morgan fingerprint density at radius 3 is 2.74 bits per heavy atom. The van der Waals surface area contributed by atoms with Crippen LogP contribution in [0.15, 0.2) is 0 Å². The van der Waals surface area contributed by atoms with Crippen LogP contribution in [0.3, 0.4) is 0 Å². The summed E-state index contributed by atoms with van der Waals surface area (Å²) in [4.78, 5) is 40.4. The van der Waals surface area contributed by atoms with Crippen molar-refractivity contribution >= 4 is 17.8 Å². The van der Waals surface area contributed by atoms with E-state index in [0.717, 1.165) is 37.1 Å². The normalized spacial score (nSPS) is 27.4. The van der Waals surface area contributed by atoms with Crippen molar-refractivity contribution in [3.63, 3.8) is 0 Å². The highest BCUT2D eigenvalue weighted by Crippen LogP contribution is 2.29. The van der Waals surface area contributed by atoms with Gasteiger partial charge in [-0.25, -0.2) is 4.79 Å². The number of urea groups is 1. The zero-order chi connectivity index (χ0) is 16.4. The maximum absolute atomic E-state index is 12.7. The molecule has 1 N–H and O–H groups in total. The van der Waals surface area contributed by atoms with E-state index < -0.39 is 11.6 Å². The molecule has 3 fully saturated rings. The Morgan fingerprint density at radius 1 is 1.30 bits per heavy atom. The molecule has 3 aliphatic rings. The molecule has 1 spiro atoms. The van der Waals surface area contributed by atoms with E-state index in [4.69, 9.17) is 4.74 Å². The van der Waals surface area contributed by atoms with E-state index in [1.165, 1.54) is 0 Å². The highest BCUT2D eigenvalue weighted by molar-refractivity contribution is 6.09. The monoisotopic (exact) mass is 323 g/mol. The third-order valence-electron chi connectivity index (χ3n) is 5.30. The van der Waals surface area contributed by atoms with Crippen molar-refractivity contribution in [1.29, 1.82) is 0 Å². The number of hydrogen-bond donors (Lipinski definition) is 1. The van der Waals surface area contributed by atoms with Gasteiger partial charge in [0.1, 0.15) is 12.1 Å². The van der Waals surface area contributed by atoms with Gasteiger partial charge in [0, 0.05) is 38.6 Å². The number of likely N-dealkylation sites (tertiary alicyclic amines) is 1. The van der Waals surface area contributed by atoms with Crippen molar-refractivity contribution in [3.05, 3.63) is 0 Å². The van der Waals surface area contributed by atoms with Gasteiger partial charge in [0.2, 0.25) is 5.91 Å². The molecule has 4 amide bonds. The van der Waals surface area contributed by atoms with E-state index >= 15 is 0 Å². The Bertz CT molecular complexity index is 502. The van der Waals surface area contributed by atoms with Crippen molar-refractivity contribution in [1.82, 2.24) is 15.1 Å². The maximum Gasteiger partial charge on any atom is 0.325 e. The Kier molecular flexibility index (Phi) is 4.57. The van der Waals surface area contributed by atoms with Crippen LogP contribution in [0.4, 0.5) is 4.79 Å². The van der Waals surface area contributed by atoms with E-state index in [2.05, 4.69) is 12.2 Å². The average Bonchev–Trinajstić information content (AvgIpc) is 2.79. The maximum atomic E-state index is 12.7. The lowest BCUT2D eigenvalue weighted by molar-refractivity contribution is -0.142. The standard InChI is InChI=1S/C16H25N3O4/c1-2-12-5-3-4-8-18(12)13(20)11-19-14(21)16(17-15(19)22)6-9-23-10-7-16/h12H,2-11H2,1H3,(H,17,22). The first-order valence-electron chi connectivity index (χ1n) is 8.59. The summed E-state index contributed by atoms with van der Waals surface area (Å²) < 4.78 is 5.28.